The summed E-state index contributed by atoms with van der Waals surface area (Å²) >= 11 is 0. The first-order valence-electron chi connectivity index (χ1n) is 4.39. The Balaban J connectivity index is 2.26. The molecule has 1 fully saturated rings. The molecular formula is C10H14N2. The molecule has 0 amide bonds. The number of rotatable bonds is 2. The molecule has 1 aromatic carbocycles. The van der Waals surface area contributed by atoms with Crippen molar-refractivity contribution >= 4 is 11.4 Å². The Kier molecular flexibility index (Phi) is 1.68. The maximum absolute atomic E-state index is 5.83. The summed E-state index contributed by atoms with van der Waals surface area (Å²) in [5.74, 6) is 0. The zero-order valence-corrected chi connectivity index (χ0v) is 7.30. The fourth-order valence-corrected chi connectivity index (χ4v) is 1.32. The smallest absolute Gasteiger partial charge is 0.0605 e. The topological polar surface area (TPSA) is 38.0 Å². The van der Waals surface area contributed by atoms with Crippen LogP contribution >= 0.6 is 0 Å². The van der Waals surface area contributed by atoms with Gasteiger partial charge in [0.2, 0.25) is 0 Å². The molecule has 0 atom stereocenters. The van der Waals surface area contributed by atoms with E-state index in [1.165, 1.54) is 18.4 Å². The summed E-state index contributed by atoms with van der Waals surface area (Å²) in [6.07, 6.45) is 2.57. The van der Waals surface area contributed by atoms with Crippen molar-refractivity contribution in [2.75, 3.05) is 11.1 Å². The van der Waals surface area contributed by atoms with Crippen molar-refractivity contribution in [3.8, 4) is 0 Å². The molecule has 2 rings (SSSR count). The summed E-state index contributed by atoms with van der Waals surface area (Å²) in [5, 5.41) is 3.43. The van der Waals surface area contributed by atoms with Gasteiger partial charge in [-0.05, 0) is 31.4 Å². The molecule has 0 aliphatic heterocycles. The van der Waals surface area contributed by atoms with Gasteiger partial charge in [-0.25, -0.2) is 0 Å². The molecule has 0 radical (unpaired) electrons. The fourth-order valence-electron chi connectivity index (χ4n) is 1.32. The molecule has 1 aliphatic rings. The lowest BCUT2D eigenvalue weighted by atomic mass is 10.1. The summed E-state index contributed by atoms with van der Waals surface area (Å²) in [6, 6.07) is 6.69. The third kappa shape index (κ3) is 1.37. The van der Waals surface area contributed by atoms with Gasteiger partial charge in [-0.3, -0.25) is 0 Å². The van der Waals surface area contributed by atoms with Crippen molar-refractivity contribution in [2.45, 2.75) is 25.8 Å². The molecule has 3 N–H and O–H groups in total. The molecule has 2 heteroatoms. The first-order chi connectivity index (χ1) is 5.77. The predicted octanol–water partition coefficient (Wildman–Crippen LogP) is 2.15. The van der Waals surface area contributed by atoms with E-state index in [1.807, 2.05) is 12.1 Å². The molecular weight excluding hydrogens is 148 g/mol. The predicted molar refractivity (Wildman–Crippen MR) is 52.2 cm³/mol. The maximum atomic E-state index is 5.83. The van der Waals surface area contributed by atoms with Gasteiger partial charge in [-0.2, -0.15) is 0 Å². The second-order valence-corrected chi connectivity index (χ2v) is 3.46. The van der Waals surface area contributed by atoms with Gasteiger partial charge in [0, 0.05) is 6.04 Å². The van der Waals surface area contributed by atoms with Crippen molar-refractivity contribution in [2.24, 2.45) is 0 Å². The molecule has 1 saturated carbocycles. The second kappa shape index (κ2) is 2.70. The normalized spacial score (nSPS) is 16.1. The van der Waals surface area contributed by atoms with E-state index < -0.39 is 0 Å². The van der Waals surface area contributed by atoms with Crippen molar-refractivity contribution in [1.82, 2.24) is 0 Å². The molecule has 0 unspecified atom stereocenters. The van der Waals surface area contributed by atoms with E-state index in [4.69, 9.17) is 5.73 Å². The fraction of sp³-hybridized carbons (Fsp3) is 0.400. The Morgan fingerprint density at radius 2 is 2.17 bits per heavy atom. The van der Waals surface area contributed by atoms with Crippen molar-refractivity contribution in [3.63, 3.8) is 0 Å². The van der Waals surface area contributed by atoms with Crippen LogP contribution in [0.3, 0.4) is 0 Å². The monoisotopic (exact) mass is 162 g/mol. The summed E-state index contributed by atoms with van der Waals surface area (Å²) in [5.41, 5.74) is 9.06. The quantitative estimate of drug-likeness (QED) is 0.654. The molecule has 2 nitrogen and oxygen atoms in total. The average Bonchev–Trinajstić information content (AvgIpc) is 2.80. The van der Waals surface area contributed by atoms with Crippen LogP contribution in [0.1, 0.15) is 18.4 Å². The number of nitrogens with one attached hydrogen (secondary N) is 1. The number of nitrogens with two attached hydrogens (primary N) is 1. The molecule has 1 aliphatic carbocycles. The van der Waals surface area contributed by atoms with Gasteiger partial charge in [0.15, 0.2) is 0 Å². The third-order valence-corrected chi connectivity index (χ3v) is 2.23. The molecule has 64 valence electrons. The Bertz CT molecular complexity index is 270. The van der Waals surface area contributed by atoms with Crippen molar-refractivity contribution in [1.29, 1.82) is 0 Å². The van der Waals surface area contributed by atoms with Gasteiger partial charge in [-0.15, -0.1) is 0 Å². The van der Waals surface area contributed by atoms with Crippen LogP contribution in [0.5, 0.6) is 0 Å². The standard InChI is InChI=1S/C10H14N2/c1-7-3-2-4-9(11)10(7)12-8-5-6-8/h2-4,8,12H,5-6,11H2,1H3. The van der Waals surface area contributed by atoms with Gasteiger partial charge in [0.1, 0.15) is 0 Å². The number of benzene rings is 1. The van der Waals surface area contributed by atoms with E-state index in [-0.39, 0.29) is 0 Å². The van der Waals surface area contributed by atoms with Crippen molar-refractivity contribution < 1.29 is 0 Å². The van der Waals surface area contributed by atoms with Crippen LogP contribution < -0.4 is 11.1 Å². The zero-order valence-electron chi connectivity index (χ0n) is 7.30. The summed E-state index contributed by atoms with van der Waals surface area (Å²) in [4.78, 5) is 0. The molecule has 12 heavy (non-hydrogen) atoms. The minimum absolute atomic E-state index is 0.674. The van der Waals surface area contributed by atoms with Crippen LogP contribution in [0.4, 0.5) is 11.4 Å². The number of nitrogen functional groups attached to an aromatic ring is 1. The van der Waals surface area contributed by atoms with Crippen LogP contribution in [0.15, 0.2) is 18.2 Å². The summed E-state index contributed by atoms with van der Waals surface area (Å²) in [7, 11) is 0. The summed E-state index contributed by atoms with van der Waals surface area (Å²) < 4.78 is 0. The number of para-hydroxylation sites is 1. The number of hydrogen-bond donors (Lipinski definition) is 2. The van der Waals surface area contributed by atoms with E-state index in [0.717, 1.165) is 11.4 Å². The number of aryl methyl sites for hydroxylation is 1. The Labute approximate surface area is 72.8 Å². The highest BCUT2D eigenvalue weighted by Crippen LogP contribution is 2.30. The van der Waals surface area contributed by atoms with Gasteiger partial charge < -0.3 is 11.1 Å². The average molecular weight is 162 g/mol. The largest absolute Gasteiger partial charge is 0.397 e. The van der Waals surface area contributed by atoms with E-state index in [9.17, 15) is 0 Å². The minimum atomic E-state index is 0.674. The number of anilines is 2. The highest BCUT2D eigenvalue weighted by atomic mass is 15.0. The first kappa shape index (κ1) is 7.47. The van der Waals surface area contributed by atoms with Crippen LogP contribution in [-0.2, 0) is 0 Å². The molecule has 0 heterocycles. The highest BCUT2D eigenvalue weighted by Gasteiger charge is 2.21. The van der Waals surface area contributed by atoms with E-state index in [0.29, 0.717) is 6.04 Å². The molecule has 1 aromatic rings. The lowest BCUT2D eigenvalue weighted by Gasteiger charge is -2.10. The molecule has 0 spiro atoms. The van der Waals surface area contributed by atoms with Gasteiger partial charge >= 0.3 is 0 Å². The summed E-state index contributed by atoms with van der Waals surface area (Å²) in [6.45, 7) is 2.08. The number of hydrogen-bond acceptors (Lipinski definition) is 2. The minimum Gasteiger partial charge on any atom is -0.397 e. The van der Waals surface area contributed by atoms with Gasteiger partial charge in [0.25, 0.3) is 0 Å². The highest BCUT2D eigenvalue weighted by molar-refractivity contribution is 5.70. The molecule has 0 bridgehead atoms. The van der Waals surface area contributed by atoms with Crippen molar-refractivity contribution in [3.05, 3.63) is 23.8 Å². The Morgan fingerprint density at radius 1 is 1.42 bits per heavy atom. The van der Waals surface area contributed by atoms with E-state index in [1.54, 1.807) is 0 Å². The lowest BCUT2D eigenvalue weighted by molar-refractivity contribution is 1.15. The zero-order chi connectivity index (χ0) is 8.55. The van der Waals surface area contributed by atoms with Crippen LogP contribution in [-0.4, -0.2) is 6.04 Å². The molecule has 0 saturated heterocycles. The van der Waals surface area contributed by atoms with E-state index in [2.05, 4.69) is 18.3 Å². The van der Waals surface area contributed by atoms with Crippen LogP contribution in [0, 0.1) is 6.92 Å². The first-order valence-corrected chi connectivity index (χ1v) is 4.39. The lowest BCUT2D eigenvalue weighted by Crippen LogP contribution is -2.05. The Morgan fingerprint density at radius 3 is 2.75 bits per heavy atom. The van der Waals surface area contributed by atoms with Crippen LogP contribution in [0.2, 0.25) is 0 Å². The van der Waals surface area contributed by atoms with Gasteiger partial charge in [0.05, 0.1) is 11.4 Å². The van der Waals surface area contributed by atoms with Crippen LogP contribution in [0.25, 0.3) is 0 Å². The third-order valence-electron chi connectivity index (χ3n) is 2.23. The maximum Gasteiger partial charge on any atom is 0.0605 e. The van der Waals surface area contributed by atoms with Gasteiger partial charge in [-0.1, -0.05) is 12.1 Å². The van der Waals surface area contributed by atoms with E-state index >= 15 is 0 Å². The second-order valence-electron chi connectivity index (χ2n) is 3.46. The Hall–Kier alpha value is -1.18. The molecule has 0 aromatic heterocycles. The SMILES string of the molecule is Cc1cccc(N)c1NC1CC1.